The van der Waals surface area contributed by atoms with Gasteiger partial charge in [-0.1, -0.05) is 13.3 Å². The van der Waals surface area contributed by atoms with Crippen LogP contribution >= 0.6 is 0 Å². The summed E-state index contributed by atoms with van der Waals surface area (Å²) in [5, 5.41) is 28.6. The van der Waals surface area contributed by atoms with Gasteiger partial charge in [0.25, 0.3) is 0 Å². The summed E-state index contributed by atoms with van der Waals surface area (Å²) in [5.74, 6) is 0.645. The highest BCUT2D eigenvalue weighted by Crippen LogP contribution is 2.25. The van der Waals surface area contributed by atoms with Crippen molar-refractivity contribution in [2.45, 2.75) is 58.7 Å². The van der Waals surface area contributed by atoms with Crippen LogP contribution in [0.2, 0.25) is 0 Å². The van der Waals surface area contributed by atoms with Crippen molar-refractivity contribution in [1.29, 1.82) is 0 Å². The maximum Gasteiger partial charge on any atom is 0.312 e. The van der Waals surface area contributed by atoms with E-state index in [4.69, 9.17) is 0 Å². The molecule has 7 nitrogen and oxygen atoms in total. The maximum absolute atomic E-state index is 11.0. The van der Waals surface area contributed by atoms with E-state index in [0.29, 0.717) is 29.9 Å². The third kappa shape index (κ3) is 3.59. The number of nitro groups is 1. The average molecular weight is 296 g/mol. The second-order valence-corrected chi connectivity index (χ2v) is 6.04. The van der Waals surface area contributed by atoms with E-state index in [2.05, 4.69) is 17.3 Å². The Morgan fingerprint density at radius 1 is 1.52 bits per heavy atom. The van der Waals surface area contributed by atoms with Gasteiger partial charge in [0.15, 0.2) is 0 Å². The van der Waals surface area contributed by atoms with E-state index in [9.17, 15) is 15.2 Å². The number of rotatable bonds is 6. The highest BCUT2D eigenvalue weighted by molar-refractivity contribution is 5.39. The maximum atomic E-state index is 11.0. The highest BCUT2D eigenvalue weighted by atomic mass is 16.6. The molecule has 0 aliphatic heterocycles. The molecular formula is C14H24N4O3. The molecule has 0 spiro atoms. The van der Waals surface area contributed by atoms with E-state index in [1.54, 1.807) is 13.8 Å². The second-order valence-electron chi connectivity index (χ2n) is 6.04. The monoisotopic (exact) mass is 296 g/mol. The summed E-state index contributed by atoms with van der Waals surface area (Å²) in [7, 11) is 0. The summed E-state index contributed by atoms with van der Waals surface area (Å²) in [6, 6.07) is 0.467. The summed E-state index contributed by atoms with van der Waals surface area (Å²) in [6.07, 6.45) is 3.02. The zero-order valence-electron chi connectivity index (χ0n) is 12.9. The molecule has 3 atom stereocenters. The Kier molecular flexibility index (Phi) is 4.95. The lowest BCUT2D eigenvalue weighted by atomic mass is 10.1. The summed E-state index contributed by atoms with van der Waals surface area (Å²) in [4.78, 5) is 10.5. The van der Waals surface area contributed by atoms with Crippen LogP contribution in [-0.2, 0) is 6.54 Å². The summed E-state index contributed by atoms with van der Waals surface area (Å²) in [6.45, 7) is 6.26. The number of nitrogens with zero attached hydrogens (tertiary/aromatic N) is 3. The number of aromatic nitrogens is 2. The molecule has 3 unspecified atom stereocenters. The molecule has 1 aliphatic carbocycles. The van der Waals surface area contributed by atoms with Crippen LogP contribution in [-0.4, -0.2) is 38.5 Å². The molecule has 7 heteroatoms. The van der Waals surface area contributed by atoms with Gasteiger partial charge in [-0.25, -0.2) is 0 Å². The molecule has 0 bridgehead atoms. The van der Waals surface area contributed by atoms with Crippen LogP contribution < -0.4 is 5.32 Å². The smallest absolute Gasteiger partial charge is 0.312 e. The van der Waals surface area contributed by atoms with Gasteiger partial charge in [0.05, 0.1) is 17.6 Å². The Balaban J connectivity index is 1.92. The third-order valence-corrected chi connectivity index (χ3v) is 4.39. The summed E-state index contributed by atoms with van der Waals surface area (Å²) >= 11 is 0. The van der Waals surface area contributed by atoms with Crippen LogP contribution in [0.4, 0.5) is 5.69 Å². The molecule has 21 heavy (non-hydrogen) atoms. The van der Waals surface area contributed by atoms with Crippen LogP contribution in [0.25, 0.3) is 0 Å². The van der Waals surface area contributed by atoms with E-state index in [-0.39, 0.29) is 12.2 Å². The number of aryl methyl sites for hydroxylation is 1. The number of aliphatic hydroxyl groups excluding tert-OH is 1. The number of aliphatic hydroxyl groups is 1. The minimum atomic E-state index is -0.601. The Labute approximate surface area is 124 Å². The summed E-state index contributed by atoms with van der Waals surface area (Å²) in [5.41, 5.74) is 0.924. The van der Waals surface area contributed by atoms with Crippen molar-refractivity contribution < 1.29 is 10.0 Å². The van der Waals surface area contributed by atoms with Gasteiger partial charge in [0.1, 0.15) is 11.4 Å². The molecule has 1 fully saturated rings. The van der Waals surface area contributed by atoms with E-state index < -0.39 is 11.0 Å². The van der Waals surface area contributed by atoms with Gasteiger partial charge >= 0.3 is 5.69 Å². The fraction of sp³-hybridized carbons (Fsp3) is 0.786. The second kappa shape index (κ2) is 6.53. The van der Waals surface area contributed by atoms with Crippen LogP contribution in [0.1, 0.15) is 37.6 Å². The van der Waals surface area contributed by atoms with Crippen molar-refractivity contribution in [1.82, 2.24) is 15.1 Å². The predicted molar refractivity (Wildman–Crippen MR) is 79.2 cm³/mol. The minimum Gasteiger partial charge on any atom is -0.390 e. The van der Waals surface area contributed by atoms with E-state index in [1.165, 1.54) is 17.5 Å². The molecule has 0 amide bonds. The fourth-order valence-electron chi connectivity index (χ4n) is 3.13. The molecule has 2 N–H and O–H groups in total. The molecule has 1 saturated carbocycles. The number of hydrogen-bond donors (Lipinski definition) is 2. The molecular weight excluding hydrogens is 272 g/mol. The van der Waals surface area contributed by atoms with Crippen LogP contribution in [0, 0.1) is 29.9 Å². The normalized spacial score (nSPS) is 23.4. The highest BCUT2D eigenvalue weighted by Gasteiger charge is 2.25. The van der Waals surface area contributed by atoms with Crippen molar-refractivity contribution in [3.63, 3.8) is 0 Å². The molecule has 0 saturated heterocycles. The van der Waals surface area contributed by atoms with Crippen molar-refractivity contribution in [3.8, 4) is 0 Å². The van der Waals surface area contributed by atoms with E-state index in [0.717, 1.165) is 6.42 Å². The first-order chi connectivity index (χ1) is 9.90. The topological polar surface area (TPSA) is 93.2 Å². The molecule has 2 rings (SSSR count). The first-order valence-electron chi connectivity index (χ1n) is 7.50. The number of hydrogen-bond acceptors (Lipinski definition) is 5. The molecule has 1 heterocycles. The van der Waals surface area contributed by atoms with Gasteiger partial charge in [0.2, 0.25) is 0 Å². The van der Waals surface area contributed by atoms with Gasteiger partial charge in [0, 0.05) is 12.6 Å². The first kappa shape index (κ1) is 15.9. The Hall–Kier alpha value is -1.47. The van der Waals surface area contributed by atoms with Crippen molar-refractivity contribution in [2.75, 3.05) is 6.54 Å². The lowest BCUT2D eigenvalue weighted by Gasteiger charge is -2.20. The molecule has 1 aromatic rings. The van der Waals surface area contributed by atoms with Gasteiger partial charge < -0.3 is 10.4 Å². The Morgan fingerprint density at radius 3 is 2.76 bits per heavy atom. The van der Waals surface area contributed by atoms with E-state index in [1.807, 2.05) is 0 Å². The quantitative estimate of drug-likeness (QED) is 0.613. The van der Waals surface area contributed by atoms with Crippen LogP contribution in [0.3, 0.4) is 0 Å². The Bertz CT molecular complexity index is 515. The SMILES string of the molecule is Cc1nn(CC(O)CNC2CCCC2C)c(C)c1[N+](=O)[O-]. The first-order valence-corrected chi connectivity index (χ1v) is 7.50. The van der Waals surface area contributed by atoms with Crippen LogP contribution in [0.15, 0.2) is 0 Å². The lowest BCUT2D eigenvalue weighted by Crippen LogP contribution is -2.38. The molecule has 0 aromatic carbocycles. The molecule has 1 aliphatic rings. The largest absolute Gasteiger partial charge is 0.390 e. The predicted octanol–water partition coefficient (Wildman–Crippen LogP) is 1.55. The Morgan fingerprint density at radius 2 is 2.24 bits per heavy atom. The van der Waals surface area contributed by atoms with Crippen molar-refractivity contribution in [3.05, 3.63) is 21.5 Å². The zero-order valence-corrected chi connectivity index (χ0v) is 12.9. The summed E-state index contributed by atoms with van der Waals surface area (Å²) < 4.78 is 1.53. The van der Waals surface area contributed by atoms with Crippen molar-refractivity contribution >= 4 is 5.69 Å². The standard InChI is InChI=1S/C14H24N4O3/c1-9-5-4-6-13(9)15-7-12(19)8-17-11(3)14(18(20)21)10(2)16-17/h9,12-13,15,19H,4-8H2,1-3H3. The van der Waals surface area contributed by atoms with Gasteiger partial charge in [-0.3, -0.25) is 14.8 Å². The molecule has 1 aromatic heterocycles. The van der Waals surface area contributed by atoms with Crippen LogP contribution in [0.5, 0.6) is 0 Å². The molecule has 118 valence electrons. The molecule has 0 radical (unpaired) electrons. The zero-order chi connectivity index (χ0) is 15.6. The van der Waals surface area contributed by atoms with Crippen molar-refractivity contribution in [2.24, 2.45) is 5.92 Å². The number of nitrogens with one attached hydrogen (secondary N) is 1. The minimum absolute atomic E-state index is 0.0413. The van der Waals surface area contributed by atoms with E-state index >= 15 is 0 Å². The van der Waals surface area contributed by atoms with Gasteiger partial charge in [-0.2, -0.15) is 5.10 Å². The average Bonchev–Trinajstić information content (AvgIpc) is 2.91. The fourth-order valence-corrected chi connectivity index (χ4v) is 3.13. The van der Waals surface area contributed by atoms with Gasteiger partial charge in [-0.05, 0) is 32.6 Å². The third-order valence-electron chi connectivity index (χ3n) is 4.39. The van der Waals surface area contributed by atoms with Gasteiger partial charge in [-0.15, -0.1) is 0 Å². The lowest BCUT2D eigenvalue weighted by molar-refractivity contribution is -0.386.